The number of nitrogens with one attached hydrogen (secondary N) is 1. The Balaban J connectivity index is 1.40. The average Bonchev–Trinajstić information content (AvgIpc) is 3.23. The van der Waals surface area contributed by atoms with Gasteiger partial charge in [0.1, 0.15) is 5.15 Å². The monoisotopic (exact) mass is 434 g/mol. The number of alkyl halides is 3. The van der Waals surface area contributed by atoms with Crippen molar-refractivity contribution in [2.75, 3.05) is 4.90 Å². The third-order valence-electron chi connectivity index (χ3n) is 5.59. The molecule has 3 aromatic rings. The third-order valence-corrected chi connectivity index (χ3v) is 5.81. The molecule has 0 aromatic carbocycles. The van der Waals surface area contributed by atoms with Crippen LogP contribution in [0.25, 0.3) is 11.3 Å². The summed E-state index contributed by atoms with van der Waals surface area (Å²) < 4.78 is 39.8. The zero-order chi connectivity index (χ0) is 21.0. The second-order valence-corrected chi connectivity index (χ2v) is 7.82. The van der Waals surface area contributed by atoms with Crippen molar-refractivity contribution in [1.82, 2.24) is 25.4 Å². The Hall–Kier alpha value is -3.01. The minimum atomic E-state index is -4.58. The molecule has 1 amide bonds. The van der Waals surface area contributed by atoms with Crippen LogP contribution in [0.2, 0.25) is 5.15 Å². The maximum Gasteiger partial charge on any atom is 0.418 e. The summed E-state index contributed by atoms with van der Waals surface area (Å²) >= 11 is 5.81. The molecule has 0 radical (unpaired) electrons. The number of aromatic nitrogens is 5. The lowest BCUT2D eigenvalue weighted by Gasteiger charge is -2.18. The first kappa shape index (κ1) is 19.0. The minimum absolute atomic E-state index is 0.0107. The highest BCUT2D eigenvalue weighted by molar-refractivity contribution is 6.29. The standard InChI is InChI=1S/C19H14ClF3N6O/c20-16-2-1-9(6-24-16)3-11-10-4-15(10)29(18(11)30)17-5-14(27-28-17)12-7-25-26-8-13(12)19(21,22)23/h1-2,5-8,10-11,15H,3-4H2,(H,27,28)/t10-,11+,15-/m0/s1. The zero-order valence-electron chi connectivity index (χ0n) is 15.3. The van der Waals surface area contributed by atoms with E-state index in [0.717, 1.165) is 18.2 Å². The molecule has 0 bridgehead atoms. The van der Waals surface area contributed by atoms with Gasteiger partial charge in [0.15, 0.2) is 5.82 Å². The fourth-order valence-corrected chi connectivity index (χ4v) is 4.20. The van der Waals surface area contributed by atoms with Crippen LogP contribution in [-0.2, 0) is 17.4 Å². The number of pyridine rings is 1. The number of fused-ring (bicyclic) bond motifs is 1. The van der Waals surface area contributed by atoms with E-state index in [0.29, 0.717) is 23.6 Å². The average molecular weight is 435 g/mol. The molecule has 3 atom stereocenters. The van der Waals surface area contributed by atoms with E-state index in [1.54, 1.807) is 17.2 Å². The third kappa shape index (κ3) is 3.20. The molecule has 1 saturated carbocycles. The summed E-state index contributed by atoms with van der Waals surface area (Å²) in [6.07, 6.45) is 0.136. The summed E-state index contributed by atoms with van der Waals surface area (Å²) in [4.78, 5) is 18.6. The number of H-pyrrole nitrogens is 1. The molecule has 3 aromatic heterocycles. The molecule has 5 rings (SSSR count). The van der Waals surface area contributed by atoms with Gasteiger partial charge in [0.2, 0.25) is 5.91 Å². The topological polar surface area (TPSA) is 87.7 Å². The molecule has 2 aliphatic rings. The molecule has 1 aliphatic carbocycles. The fraction of sp³-hybridized carbons (Fsp3) is 0.316. The molecule has 1 N–H and O–H groups in total. The van der Waals surface area contributed by atoms with E-state index in [1.807, 2.05) is 6.07 Å². The Morgan fingerprint density at radius 3 is 2.73 bits per heavy atom. The largest absolute Gasteiger partial charge is 0.418 e. The highest BCUT2D eigenvalue weighted by Crippen LogP contribution is 2.51. The van der Waals surface area contributed by atoms with Gasteiger partial charge in [0.05, 0.1) is 23.7 Å². The quantitative estimate of drug-likeness (QED) is 0.635. The van der Waals surface area contributed by atoms with Crippen LogP contribution in [0.3, 0.4) is 0 Å². The number of hydrogen-bond acceptors (Lipinski definition) is 5. The van der Waals surface area contributed by atoms with Crippen LogP contribution < -0.4 is 4.90 Å². The van der Waals surface area contributed by atoms with Crippen LogP contribution in [0.5, 0.6) is 0 Å². The number of nitrogens with zero attached hydrogens (tertiary/aromatic N) is 5. The number of hydrogen-bond donors (Lipinski definition) is 1. The number of rotatable bonds is 4. The molecule has 7 nitrogen and oxygen atoms in total. The van der Waals surface area contributed by atoms with Crippen molar-refractivity contribution in [2.24, 2.45) is 11.8 Å². The van der Waals surface area contributed by atoms with Crippen molar-refractivity contribution in [3.8, 4) is 11.3 Å². The maximum absolute atomic E-state index is 13.3. The van der Waals surface area contributed by atoms with E-state index in [1.165, 1.54) is 6.07 Å². The summed E-state index contributed by atoms with van der Waals surface area (Å²) in [5.41, 5.74) is -0.0508. The van der Waals surface area contributed by atoms with Gasteiger partial charge in [-0.05, 0) is 30.4 Å². The Kier molecular flexibility index (Phi) is 4.28. The molecule has 30 heavy (non-hydrogen) atoms. The summed E-state index contributed by atoms with van der Waals surface area (Å²) in [7, 11) is 0. The summed E-state index contributed by atoms with van der Waals surface area (Å²) in [5, 5.41) is 14.0. The fourth-order valence-electron chi connectivity index (χ4n) is 4.09. The van der Waals surface area contributed by atoms with E-state index in [-0.39, 0.29) is 35.0 Å². The molecular weight excluding hydrogens is 421 g/mol. The second-order valence-electron chi connectivity index (χ2n) is 7.43. The molecule has 0 unspecified atom stereocenters. The van der Waals surface area contributed by atoms with Gasteiger partial charge in [-0.25, -0.2) is 4.98 Å². The molecule has 1 aliphatic heterocycles. The van der Waals surface area contributed by atoms with Gasteiger partial charge >= 0.3 is 6.18 Å². The van der Waals surface area contributed by atoms with Crippen molar-refractivity contribution in [3.63, 3.8) is 0 Å². The first-order chi connectivity index (χ1) is 14.3. The number of piperidine rings is 1. The first-order valence-corrected chi connectivity index (χ1v) is 9.58. The van der Waals surface area contributed by atoms with Crippen molar-refractivity contribution in [3.05, 3.63) is 53.1 Å². The van der Waals surface area contributed by atoms with E-state index >= 15 is 0 Å². The van der Waals surface area contributed by atoms with Crippen LogP contribution in [0.15, 0.2) is 36.8 Å². The van der Waals surface area contributed by atoms with Gasteiger partial charge < -0.3 is 0 Å². The van der Waals surface area contributed by atoms with Gasteiger partial charge in [0.25, 0.3) is 0 Å². The van der Waals surface area contributed by atoms with E-state index in [9.17, 15) is 18.0 Å². The molecule has 154 valence electrons. The number of amides is 1. The summed E-state index contributed by atoms with van der Waals surface area (Å²) in [6.45, 7) is 0. The van der Waals surface area contributed by atoms with Gasteiger partial charge in [-0.3, -0.25) is 14.8 Å². The Bertz CT molecular complexity index is 1120. The first-order valence-electron chi connectivity index (χ1n) is 9.20. The second kappa shape index (κ2) is 6.76. The molecule has 2 fully saturated rings. The van der Waals surface area contributed by atoms with Crippen molar-refractivity contribution < 1.29 is 18.0 Å². The van der Waals surface area contributed by atoms with Crippen LogP contribution in [0, 0.1) is 11.8 Å². The number of halogens is 4. The van der Waals surface area contributed by atoms with Gasteiger partial charge in [-0.15, -0.1) is 0 Å². The normalized spacial score (nSPS) is 23.0. The summed E-state index contributed by atoms with van der Waals surface area (Å²) in [6, 6.07) is 4.98. The molecule has 4 heterocycles. The van der Waals surface area contributed by atoms with Crippen molar-refractivity contribution in [2.45, 2.75) is 25.1 Å². The van der Waals surface area contributed by atoms with Crippen molar-refractivity contribution in [1.29, 1.82) is 0 Å². The van der Waals surface area contributed by atoms with Gasteiger partial charge in [0, 0.05) is 29.8 Å². The minimum Gasteiger partial charge on any atom is -0.292 e. The predicted octanol–water partition coefficient (Wildman–Crippen LogP) is 3.53. The predicted molar refractivity (Wildman–Crippen MR) is 100 cm³/mol. The zero-order valence-corrected chi connectivity index (χ0v) is 16.0. The molecule has 0 spiro atoms. The van der Waals surface area contributed by atoms with E-state index in [4.69, 9.17) is 11.6 Å². The number of anilines is 1. The molecular formula is C19H14ClF3N6O. The van der Waals surface area contributed by atoms with E-state index < -0.39 is 11.7 Å². The van der Waals surface area contributed by atoms with Crippen molar-refractivity contribution >= 4 is 23.3 Å². The lowest BCUT2D eigenvalue weighted by atomic mass is 9.96. The van der Waals surface area contributed by atoms with E-state index in [2.05, 4.69) is 25.4 Å². The van der Waals surface area contributed by atoms with Crippen LogP contribution in [0.1, 0.15) is 17.5 Å². The van der Waals surface area contributed by atoms with Crippen LogP contribution in [-0.4, -0.2) is 37.3 Å². The Morgan fingerprint density at radius 1 is 1.20 bits per heavy atom. The van der Waals surface area contributed by atoms with Gasteiger partial charge in [-0.2, -0.15) is 28.5 Å². The maximum atomic E-state index is 13.3. The number of carbonyl (C=O) groups is 1. The van der Waals surface area contributed by atoms with Crippen LogP contribution >= 0.6 is 11.6 Å². The highest BCUT2D eigenvalue weighted by Gasteiger charge is 2.59. The Labute approximate surface area is 173 Å². The van der Waals surface area contributed by atoms with Crippen LogP contribution in [0.4, 0.5) is 19.0 Å². The smallest absolute Gasteiger partial charge is 0.292 e. The summed E-state index contributed by atoms with van der Waals surface area (Å²) in [5.74, 6) is 0.199. The SMILES string of the molecule is O=C1[C@H](Cc2ccc(Cl)nc2)[C@@H]2C[C@@H]2N1c1cc(-c2cnncc2C(F)(F)F)[nH]n1. The highest BCUT2D eigenvalue weighted by atomic mass is 35.5. The molecule has 11 heteroatoms. The lowest BCUT2D eigenvalue weighted by Crippen LogP contribution is -2.32. The molecule has 1 saturated heterocycles. The lowest BCUT2D eigenvalue weighted by molar-refractivity contribution is -0.137. The number of carbonyl (C=O) groups excluding carboxylic acids is 1. The Morgan fingerprint density at radius 2 is 2.00 bits per heavy atom. The van der Waals surface area contributed by atoms with Gasteiger partial charge in [-0.1, -0.05) is 17.7 Å². The number of aromatic amines is 1.